The average molecular weight is 312 g/mol. The molecule has 1 amide bonds. The Morgan fingerprint density at radius 2 is 2.14 bits per heavy atom. The van der Waals surface area contributed by atoms with E-state index in [1.54, 1.807) is 23.1 Å². The minimum absolute atomic E-state index is 0.0879. The van der Waals surface area contributed by atoms with Crippen LogP contribution in [0.1, 0.15) is 45.1 Å². The van der Waals surface area contributed by atoms with E-state index in [-0.39, 0.29) is 17.8 Å². The summed E-state index contributed by atoms with van der Waals surface area (Å²) in [6, 6.07) is 5.04. The molecule has 1 fully saturated rings. The number of ether oxygens (including phenoxy) is 1. The van der Waals surface area contributed by atoms with E-state index in [4.69, 9.17) is 16.3 Å². The Balaban J connectivity index is 2.10. The summed E-state index contributed by atoms with van der Waals surface area (Å²) < 4.78 is 5.41. The molecule has 1 heterocycles. The first-order valence-corrected chi connectivity index (χ1v) is 7.60. The summed E-state index contributed by atoms with van der Waals surface area (Å²) >= 11 is 6.01. The van der Waals surface area contributed by atoms with Crippen molar-refractivity contribution >= 4 is 17.7 Å². The van der Waals surface area contributed by atoms with Gasteiger partial charge in [-0.1, -0.05) is 11.6 Å². The number of piperidine rings is 1. The molecule has 4 nitrogen and oxygen atoms in total. The minimum atomic E-state index is -0.498. The molecule has 0 saturated carbocycles. The van der Waals surface area contributed by atoms with Crippen molar-refractivity contribution < 1.29 is 14.6 Å². The van der Waals surface area contributed by atoms with Crippen molar-refractivity contribution in [1.82, 2.24) is 4.90 Å². The third kappa shape index (κ3) is 4.27. The van der Waals surface area contributed by atoms with E-state index in [1.807, 2.05) is 20.8 Å². The van der Waals surface area contributed by atoms with Gasteiger partial charge in [0.15, 0.2) is 0 Å². The van der Waals surface area contributed by atoms with Gasteiger partial charge in [-0.2, -0.15) is 0 Å². The van der Waals surface area contributed by atoms with E-state index in [9.17, 15) is 9.90 Å². The molecule has 1 N–H and O–H groups in total. The van der Waals surface area contributed by atoms with Gasteiger partial charge in [-0.3, -0.25) is 0 Å². The van der Waals surface area contributed by atoms with Gasteiger partial charge in [-0.05, 0) is 51.8 Å². The first-order valence-electron chi connectivity index (χ1n) is 7.22. The van der Waals surface area contributed by atoms with Crippen LogP contribution in [0, 0.1) is 0 Å². The number of amides is 1. The van der Waals surface area contributed by atoms with Gasteiger partial charge in [0.25, 0.3) is 0 Å². The van der Waals surface area contributed by atoms with Crippen LogP contribution in [-0.4, -0.2) is 34.8 Å². The number of nitrogens with zero attached hydrogens (tertiary/aromatic N) is 1. The van der Waals surface area contributed by atoms with E-state index in [2.05, 4.69) is 0 Å². The molecular weight excluding hydrogens is 290 g/mol. The topological polar surface area (TPSA) is 49.8 Å². The van der Waals surface area contributed by atoms with Crippen molar-refractivity contribution in [3.8, 4) is 5.75 Å². The standard InChI is InChI=1S/C16H22ClNO3/c1-16(2,3)21-15(20)18-8-4-5-11(10-18)13-9-12(17)6-7-14(13)19/h6-7,9,11,19H,4-5,8,10H2,1-3H3. The molecule has 0 bridgehead atoms. The molecule has 1 aliphatic rings. The SMILES string of the molecule is CC(C)(C)OC(=O)N1CCCC(c2cc(Cl)ccc2O)C1. The van der Waals surface area contributed by atoms with Crippen LogP contribution < -0.4 is 0 Å². The molecule has 0 aliphatic carbocycles. The van der Waals surface area contributed by atoms with E-state index in [0.717, 1.165) is 18.4 Å². The maximum atomic E-state index is 12.2. The zero-order valence-electron chi connectivity index (χ0n) is 12.7. The fourth-order valence-electron chi connectivity index (χ4n) is 2.58. The highest BCUT2D eigenvalue weighted by Gasteiger charge is 2.29. The molecule has 1 saturated heterocycles. The normalized spacial score (nSPS) is 19.4. The summed E-state index contributed by atoms with van der Waals surface area (Å²) in [5.74, 6) is 0.320. The first-order chi connectivity index (χ1) is 9.76. The molecule has 0 spiro atoms. The Bertz CT molecular complexity index is 525. The lowest BCUT2D eigenvalue weighted by atomic mass is 9.90. The molecule has 2 rings (SSSR count). The van der Waals surface area contributed by atoms with Gasteiger partial charge < -0.3 is 14.7 Å². The Morgan fingerprint density at radius 3 is 2.81 bits per heavy atom. The van der Waals surface area contributed by atoms with Gasteiger partial charge >= 0.3 is 6.09 Å². The molecular formula is C16H22ClNO3. The lowest BCUT2D eigenvalue weighted by molar-refractivity contribution is 0.0197. The molecule has 1 atom stereocenters. The molecule has 1 unspecified atom stereocenters. The number of hydrogen-bond donors (Lipinski definition) is 1. The molecule has 1 aromatic rings. The molecule has 0 radical (unpaired) electrons. The minimum Gasteiger partial charge on any atom is -0.508 e. The Hall–Kier alpha value is -1.42. The quantitative estimate of drug-likeness (QED) is 0.847. The zero-order valence-corrected chi connectivity index (χ0v) is 13.5. The monoisotopic (exact) mass is 311 g/mol. The summed E-state index contributed by atoms with van der Waals surface area (Å²) in [6.07, 6.45) is 1.51. The molecule has 116 valence electrons. The van der Waals surface area contributed by atoms with Gasteiger partial charge in [-0.15, -0.1) is 0 Å². The van der Waals surface area contributed by atoms with Crippen LogP contribution in [0.3, 0.4) is 0 Å². The molecule has 5 heteroatoms. The second-order valence-corrected chi connectivity index (χ2v) is 6.91. The number of carbonyl (C=O) groups excluding carboxylic acids is 1. The highest BCUT2D eigenvalue weighted by atomic mass is 35.5. The lowest BCUT2D eigenvalue weighted by Gasteiger charge is -2.34. The summed E-state index contributed by atoms with van der Waals surface area (Å²) in [6.45, 7) is 6.80. The van der Waals surface area contributed by atoms with Crippen LogP contribution in [0.15, 0.2) is 18.2 Å². The van der Waals surface area contributed by atoms with Crippen LogP contribution >= 0.6 is 11.6 Å². The van der Waals surface area contributed by atoms with Crippen molar-refractivity contribution in [2.24, 2.45) is 0 Å². The second kappa shape index (κ2) is 6.14. The van der Waals surface area contributed by atoms with Crippen LogP contribution in [0.5, 0.6) is 5.75 Å². The van der Waals surface area contributed by atoms with Crippen molar-refractivity contribution in [3.63, 3.8) is 0 Å². The van der Waals surface area contributed by atoms with Gasteiger partial charge in [-0.25, -0.2) is 4.79 Å². The zero-order chi connectivity index (χ0) is 15.6. The summed E-state index contributed by atoms with van der Waals surface area (Å²) in [5, 5.41) is 10.6. The third-order valence-corrected chi connectivity index (χ3v) is 3.74. The number of carbonyl (C=O) groups is 1. The van der Waals surface area contributed by atoms with Gasteiger partial charge in [0.05, 0.1) is 0 Å². The highest BCUT2D eigenvalue weighted by Crippen LogP contribution is 2.34. The lowest BCUT2D eigenvalue weighted by Crippen LogP contribution is -2.42. The number of benzene rings is 1. The van der Waals surface area contributed by atoms with Gasteiger partial charge in [0.1, 0.15) is 11.4 Å². The maximum absolute atomic E-state index is 12.2. The summed E-state index contributed by atoms with van der Waals surface area (Å²) in [4.78, 5) is 13.9. The average Bonchev–Trinajstić information content (AvgIpc) is 2.40. The smallest absolute Gasteiger partial charge is 0.410 e. The third-order valence-electron chi connectivity index (χ3n) is 3.50. The predicted molar refractivity (Wildman–Crippen MR) is 82.9 cm³/mol. The number of likely N-dealkylation sites (tertiary alicyclic amines) is 1. The Labute approximate surface area is 130 Å². The molecule has 0 aromatic heterocycles. The summed E-state index contributed by atoms with van der Waals surface area (Å²) in [7, 11) is 0. The fourth-order valence-corrected chi connectivity index (χ4v) is 2.76. The van der Waals surface area contributed by atoms with Crippen LogP contribution in [0.25, 0.3) is 0 Å². The number of halogens is 1. The van der Waals surface area contributed by atoms with E-state index < -0.39 is 5.60 Å². The number of phenolic OH excluding ortho intramolecular Hbond substituents is 1. The first kappa shape index (κ1) is 16.0. The predicted octanol–water partition coefficient (Wildman–Crippen LogP) is 4.16. The molecule has 1 aliphatic heterocycles. The van der Waals surface area contributed by atoms with Gasteiger partial charge in [0, 0.05) is 29.6 Å². The highest BCUT2D eigenvalue weighted by molar-refractivity contribution is 6.30. The van der Waals surface area contributed by atoms with Crippen molar-refractivity contribution in [2.75, 3.05) is 13.1 Å². The fraction of sp³-hybridized carbons (Fsp3) is 0.562. The molecule has 21 heavy (non-hydrogen) atoms. The summed E-state index contributed by atoms with van der Waals surface area (Å²) in [5.41, 5.74) is 0.304. The number of rotatable bonds is 1. The maximum Gasteiger partial charge on any atom is 0.410 e. The Kier molecular flexibility index (Phi) is 4.67. The van der Waals surface area contributed by atoms with E-state index >= 15 is 0 Å². The van der Waals surface area contributed by atoms with Crippen molar-refractivity contribution in [3.05, 3.63) is 28.8 Å². The second-order valence-electron chi connectivity index (χ2n) is 6.47. The van der Waals surface area contributed by atoms with E-state index in [0.29, 0.717) is 18.1 Å². The van der Waals surface area contributed by atoms with Crippen LogP contribution in [0.4, 0.5) is 4.79 Å². The van der Waals surface area contributed by atoms with Gasteiger partial charge in [0.2, 0.25) is 0 Å². The molecule has 1 aromatic carbocycles. The van der Waals surface area contributed by atoms with E-state index in [1.165, 1.54) is 0 Å². The van der Waals surface area contributed by atoms with Crippen molar-refractivity contribution in [2.45, 2.75) is 45.1 Å². The largest absolute Gasteiger partial charge is 0.508 e. The van der Waals surface area contributed by atoms with Crippen LogP contribution in [-0.2, 0) is 4.74 Å². The van der Waals surface area contributed by atoms with Crippen LogP contribution in [0.2, 0.25) is 5.02 Å². The Morgan fingerprint density at radius 1 is 1.43 bits per heavy atom. The number of aromatic hydroxyl groups is 1. The van der Waals surface area contributed by atoms with Crippen molar-refractivity contribution in [1.29, 1.82) is 0 Å². The number of hydrogen-bond acceptors (Lipinski definition) is 3. The number of phenols is 1.